The average molecular weight is 349 g/mol. The number of hydrogen-bond acceptors (Lipinski definition) is 4. The predicted molar refractivity (Wildman–Crippen MR) is 100 cm³/mol. The number of benzene rings is 1. The first-order valence-corrected chi connectivity index (χ1v) is 9.27. The number of aryl methyl sites for hydroxylation is 1. The van der Waals surface area contributed by atoms with E-state index in [1.54, 1.807) is 17.5 Å². The molecule has 2 heterocycles. The number of hydrogen-bond donors (Lipinski definition) is 1. The minimum absolute atomic E-state index is 0.0808. The zero-order chi connectivity index (χ0) is 17.2. The summed E-state index contributed by atoms with van der Waals surface area (Å²) >= 11 is 1.58. The van der Waals surface area contributed by atoms with Gasteiger partial charge >= 0.3 is 0 Å². The Morgan fingerprint density at radius 3 is 2.68 bits per heavy atom. The number of nitrogens with one attached hydrogen (secondary N) is 1. The summed E-state index contributed by atoms with van der Waals surface area (Å²) in [5, 5.41) is 3.97. The molecule has 1 saturated carbocycles. The molecule has 5 heteroatoms. The zero-order valence-corrected chi connectivity index (χ0v) is 14.8. The fourth-order valence-corrected chi connectivity index (χ4v) is 3.75. The number of pyridine rings is 1. The normalized spacial score (nSPS) is 13.6. The van der Waals surface area contributed by atoms with Crippen LogP contribution in [0.2, 0.25) is 0 Å². The lowest BCUT2D eigenvalue weighted by Crippen LogP contribution is -2.26. The van der Waals surface area contributed by atoms with Gasteiger partial charge in [0.1, 0.15) is 5.01 Å². The van der Waals surface area contributed by atoms with Gasteiger partial charge in [-0.05, 0) is 31.9 Å². The molecule has 4 nitrogen and oxygen atoms in total. The molecule has 3 aromatic rings. The minimum atomic E-state index is 0.0808. The molecule has 126 valence electrons. The Labute approximate surface area is 151 Å². The highest BCUT2D eigenvalue weighted by molar-refractivity contribution is 7.15. The molecule has 0 unspecified atom stereocenters. The van der Waals surface area contributed by atoms with E-state index in [1.165, 1.54) is 5.56 Å². The third-order valence-corrected chi connectivity index (χ3v) is 5.30. The molecule has 0 bridgehead atoms. The molecule has 1 aromatic carbocycles. The molecule has 1 fully saturated rings. The van der Waals surface area contributed by atoms with Crippen LogP contribution in [0.4, 0.5) is 0 Å². The number of nitrogens with zero attached hydrogens (tertiary/aromatic N) is 2. The van der Waals surface area contributed by atoms with Crippen LogP contribution in [0.5, 0.6) is 0 Å². The SMILES string of the molecule is Cc1ccc(-c2nc(-c3cccnc3)sc2CC(=O)NC2CC2)cc1. The molecule has 1 N–H and O–H groups in total. The van der Waals surface area contributed by atoms with Gasteiger partial charge in [0.15, 0.2) is 0 Å². The molecular formula is C20H19N3OS. The summed E-state index contributed by atoms with van der Waals surface area (Å²) in [5.74, 6) is 0.0808. The van der Waals surface area contributed by atoms with Gasteiger partial charge in [-0.1, -0.05) is 29.8 Å². The summed E-state index contributed by atoms with van der Waals surface area (Å²) in [6.45, 7) is 2.07. The van der Waals surface area contributed by atoms with Crippen molar-refractivity contribution in [3.8, 4) is 21.8 Å². The molecule has 0 saturated heterocycles. The third kappa shape index (κ3) is 3.77. The van der Waals surface area contributed by atoms with E-state index in [4.69, 9.17) is 4.98 Å². The second-order valence-corrected chi connectivity index (χ2v) is 7.50. The molecule has 2 aromatic heterocycles. The number of carbonyl (C=O) groups is 1. The number of thiazole rings is 1. The van der Waals surface area contributed by atoms with Crippen LogP contribution in [-0.4, -0.2) is 21.9 Å². The van der Waals surface area contributed by atoms with Crippen LogP contribution < -0.4 is 5.32 Å². The van der Waals surface area contributed by atoms with Gasteiger partial charge in [0, 0.05) is 34.4 Å². The van der Waals surface area contributed by atoms with Crippen molar-refractivity contribution in [2.24, 2.45) is 0 Å². The van der Waals surface area contributed by atoms with Crippen LogP contribution >= 0.6 is 11.3 Å². The van der Waals surface area contributed by atoms with Gasteiger partial charge in [-0.3, -0.25) is 9.78 Å². The van der Waals surface area contributed by atoms with Crippen molar-refractivity contribution < 1.29 is 4.79 Å². The van der Waals surface area contributed by atoms with E-state index >= 15 is 0 Å². The van der Waals surface area contributed by atoms with Crippen molar-refractivity contribution in [3.05, 3.63) is 59.2 Å². The number of amides is 1. The predicted octanol–water partition coefficient (Wildman–Crippen LogP) is 4.00. The van der Waals surface area contributed by atoms with Crippen molar-refractivity contribution in [1.82, 2.24) is 15.3 Å². The fourth-order valence-electron chi connectivity index (χ4n) is 2.67. The first-order valence-electron chi connectivity index (χ1n) is 8.45. The van der Waals surface area contributed by atoms with Crippen LogP contribution in [0.15, 0.2) is 48.8 Å². The van der Waals surface area contributed by atoms with E-state index in [2.05, 4.69) is 41.5 Å². The Balaban J connectivity index is 1.70. The maximum absolute atomic E-state index is 12.3. The molecule has 0 radical (unpaired) electrons. The maximum atomic E-state index is 12.3. The Morgan fingerprint density at radius 2 is 2.00 bits per heavy atom. The first kappa shape index (κ1) is 16.0. The molecule has 0 aliphatic heterocycles. The van der Waals surface area contributed by atoms with Crippen molar-refractivity contribution in [2.75, 3.05) is 0 Å². The van der Waals surface area contributed by atoms with Gasteiger partial charge in [-0.2, -0.15) is 0 Å². The Bertz CT molecular complexity index is 883. The lowest BCUT2D eigenvalue weighted by molar-refractivity contribution is -0.120. The standard InChI is InChI=1S/C20H19N3OS/c1-13-4-6-14(7-5-13)19-17(11-18(24)22-16-8-9-16)25-20(23-19)15-3-2-10-21-12-15/h2-7,10,12,16H,8-9,11H2,1H3,(H,22,24). The number of aromatic nitrogens is 2. The van der Waals surface area contributed by atoms with Gasteiger partial charge in [-0.15, -0.1) is 11.3 Å². The van der Waals surface area contributed by atoms with Crippen LogP contribution in [-0.2, 0) is 11.2 Å². The topological polar surface area (TPSA) is 54.9 Å². The van der Waals surface area contributed by atoms with Crippen LogP contribution in [0, 0.1) is 6.92 Å². The second kappa shape index (κ2) is 6.76. The van der Waals surface area contributed by atoms with Crippen LogP contribution in [0.25, 0.3) is 21.8 Å². The minimum Gasteiger partial charge on any atom is -0.353 e. The van der Waals surface area contributed by atoms with Gasteiger partial charge in [0.25, 0.3) is 0 Å². The summed E-state index contributed by atoms with van der Waals surface area (Å²) in [6, 6.07) is 12.6. The second-order valence-electron chi connectivity index (χ2n) is 6.42. The zero-order valence-electron chi connectivity index (χ0n) is 14.0. The van der Waals surface area contributed by atoms with Crippen molar-refractivity contribution in [2.45, 2.75) is 32.2 Å². The smallest absolute Gasteiger partial charge is 0.225 e. The highest BCUT2D eigenvalue weighted by atomic mass is 32.1. The molecule has 0 spiro atoms. The van der Waals surface area contributed by atoms with Gasteiger partial charge in [0.05, 0.1) is 12.1 Å². The van der Waals surface area contributed by atoms with Crippen molar-refractivity contribution in [1.29, 1.82) is 0 Å². The van der Waals surface area contributed by atoms with Gasteiger partial charge in [-0.25, -0.2) is 4.98 Å². The van der Waals surface area contributed by atoms with Crippen LogP contribution in [0.1, 0.15) is 23.3 Å². The molecule has 25 heavy (non-hydrogen) atoms. The fraction of sp³-hybridized carbons (Fsp3) is 0.250. The van der Waals surface area contributed by atoms with Crippen LogP contribution in [0.3, 0.4) is 0 Å². The lowest BCUT2D eigenvalue weighted by atomic mass is 10.1. The number of rotatable bonds is 5. The Hall–Kier alpha value is -2.53. The summed E-state index contributed by atoms with van der Waals surface area (Å²) in [4.78, 5) is 22.3. The highest BCUT2D eigenvalue weighted by Gasteiger charge is 2.24. The molecule has 0 atom stereocenters. The Morgan fingerprint density at radius 1 is 1.20 bits per heavy atom. The first-order chi connectivity index (χ1) is 12.2. The highest BCUT2D eigenvalue weighted by Crippen LogP contribution is 2.34. The van der Waals surface area contributed by atoms with E-state index in [0.717, 1.165) is 39.5 Å². The van der Waals surface area contributed by atoms with E-state index < -0.39 is 0 Å². The summed E-state index contributed by atoms with van der Waals surface area (Å²) in [5.41, 5.74) is 4.13. The lowest BCUT2D eigenvalue weighted by Gasteiger charge is -2.04. The van der Waals surface area contributed by atoms with E-state index in [0.29, 0.717) is 12.5 Å². The summed E-state index contributed by atoms with van der Waals surface area (Å²) in [6.07, 6.45) is 6.13. The van der Waals surface area contributed by atoms with E-state index in [9.17, 15) is 4.79 Å². The largest absolute Gasteiger partial charge is 0.353 e. The van der Waals surface area contributed by atoms with E-state index in [-0.39, 0.29) is 5.91 Å². The summed E-state index contributed by atoms with van der Waals surface area (Å²) in [7, 11) is 0. The van der Waals surface area contributed by atoms with Crippen molar-refractivity contribution in [3.63, 3.8) is 0 Å². The molecule has 1 amide bonds. The average Bonchev–Trinajstić information content (AvgIpc) is 3.34. The van der Waals surface area contributed by atoms with Crippen molar-refractivity contribution >= 4 is 17.2 Å². The monoisotopic (exact) mass is 349 g/mol. The summed E-state index contributed by atoms with van der Waals surface area (Å²) < 4.78 is 0. The number of carbonyl (C=O) groups excluding carboxylic acids is 1. The van der Waals surface area contributed by atoms with E-state index in [1.807, 2.05) is 18.3 Å². The maximum Gasteiger partial charge on any atom is 0.225 e. The van der Waals surface area contributed by atoms with Gasteiger partial charge in [0.2, 0.25) is 5.91 Å². The molecule has 1 aliphatic carbocycles. The molecule has 1 aliphatic rings. The molecular weight excluding hydrogens is 330 g/mol. The van der Waals surface area contributed by atoms with Gasteiger partial charge < -0.3 is 5.32 Å². The molecule has 4 rings (SSSR count). The quantitative estimate of drug-likeness (QED) is 0.757. The third-order valence-electron chi connectivity index (χ3n) is 4.19. The Kier molecular flexibility index (Phi) is 4.32.